The van der Waals surface area contributed by atoms with Crippen LogP contribution in [-0.2, 0) is 0 Å². The summed E-state index contributed by atoms with van der Waals surface area (Å²) in [5, 5.41) is 14.5. The average molecular weight is 751 g/mol. The summed E-state index contributed by atoms with van der Waals surface area (Å²) in [6.45, 7) is 8.55. The number of hydrogen-bond donors (Lipinski definition) is 1. The van der Waals surface area contributed by atoms with Gasteiger partial charge in [0.1, 0.15) is 0 Å². The first kappa shape index (κ1) is 35.4. The zero-order valence-electron chi connectivity index (χ0n) is 33.0. The molecule has 0 radical (unpaired) electrons. The number of carbonyl (C=O) groups excluding carboxylic acids is 1. The number of carbonyl (C=O) groups is 1. The van der Waals surface area contributed by atoms with Crippen LogP contribution >= 0.6 is 0 Å². The number of aromatic nitrogens is 1. The molecule has 1 atom stereocenters. The number of fused-ring (bicyclic) bond motifs is 4. The summed E-state index contributed by atoms with van der Waals surface area (Å²) in [4.78, 5) is 16.9. The number of benzene rings is 8. The van der Waals surface area contributed by atoms with Crippen LogP contribution in [0, 0.1) is 27.7 Å². The van der Waals surface area contributed by atoms with E-state index in [0.29, 0.717) is 16.8 Å². The first-order valence-electron chi connectivity index (χ1n) is 19.9. The van der Waals surface area contributed by atoms with Crippen LogP contribution in [0.25, 0.3) is 72.0 Å². The van der Waals surface area contributed by atoms with Crippen LogP contribution in [0.5, 0.6) is 0 Å². The third kappa shape index (κ3) is 5.84. The van der Waals surface area contributed by atoms with Gasteiger partial charge in [0, 0.05) is 33.2 Å². The topological polar surface area (TPSA) is 45.5 Å². The van der Waals surface area contributed by atoms with E-state index < -0.39 is 6.23 Å². The van der Waals surface area contributed by atoms with Crippen LogP contribution in [0.4, 0.5) is 5.69 Å². The zero-order valence-corrected chi connectivity index (χ0v) is 33.0. The summed E-state index contributed by atoms with van der Waals surface area (Å²) in [6.07, 6.45) is -1.19. The van der Waals surface area contributed by atoms with Crippen molar-refractivity contribution < 1.29 is 9.90 Å². The van der Waals surface area contributed by atoms with Crippen LogP contribution in [0.3, 0.4) is 0 Å². The maximum atomic E-state index is 15.3. The molecular formula is C54H42N2O2. The van der Waals surface area contributed by atoms with Crippen molar-refractivity contribution in [2.24, 2.45) is 0 Å². The fourth-order valence-corrected chi connectivity index (χ4v) is 9.25. The lowest BCUT2D eigenvalue weighted by molar-refractivity contribution is 0.0935. The lowest BCUT2D eigenvalue weighted by Gasteiger charge is -2.23. The highest BCUT2D eigenvalue weighted by Gasteiger charge is 2.40. The number of para-hydroxylation sites is 2. The average Bonchev–Trinajstić information content (AvgIpc) is 3.71. The van der Waals surface area contributed by atoms with Crippen molar-refractivity contribution in [1.82, 2.24) is 4.57 Å². The molecule has 0 saturated carbocycles. The molecule has 0 bridgehead atoms. The normalized spacial score (nSPS) is 13.8. The molecule has 1 unspecified atom stereocenters. The summed E-state index contributed by atoms with van der Waals surface area (Å²) in [5.74, 6) is -0.245. The van der Waals surface area contributed by atoms with E-state index in [2.05, 4.69) is 135 Å². The van der Waals surface area contributed by atoms with Gasteiger partial charge in [-0.05, 0) is 85.3 Å². The second kappa shape index (κ2) is 13.9. The molecule has 0 spiro atoms. The Morgan fingerprint density at radius 1 is 0.448 bits per heavy atom. The number of amides is 1. The second-order valence-electron chi connectivity index (χ2n) is 15.8. The molecule has 2 heterocycles. The van der Waals surface area contributed by atoms with Crippen molar-refractivity contribution in [3.63, 3.8) is 0 Å². The third-order valence-corrected chi connectivity index (χ3v) is 11.6. The predicted octanol–water partition coefficient (Wildman–Crippen LogP) is 13.3. The lowest BCUT2D eigenvalue weighted by atomic mass is 9.97. The van der Waals surface area contributed by atoms with Crippen LogP contribution in [-0.4, -0.2) is 15.6 Å². The number of nitrogens with zero attached hydrogens (tertiary/aromatic N) is 2. The third-order valence-electron chi connectivity index (χ3n) is 11.6. The SMILES string of the molecule is Cc1cc(C)cc(-c2cccc3c4cccc(-c5cc(C)cc(C)c5)c4n(-c4cccc5c4C(=O)N(c4cc(-c6ccccc6)cc(-c6ccccc6)c4)C5O)c23)c1. The van der Waals surface area contributed by atoms with E-state index in [9.17, 15) is 5.11 Å². The molecule has 1 aromatic heterocycles. The molecular weight excluding hydrogens is 709 g/mol. The Morgan fingerprint density at radius 3 is 1.40 bits per heavy atom. The Bertz CT molecular complexity index is 2880. The van der Waals surface area contributed by atoms with E-state index in [4.69, 9.17) is 0 Å². The molecule has 8 aromatic carbocycles. The Labute approximate surface area is 338 Å². The zero-order chi connectivity index (χ0) is 39.7. The highest BCUT2D eigenvalue weighted by Crippen LogP contribution is 2.46. The van der Waals surface area contributed by atoms with Crippen LogP contribution in [0.1, 0.15) is 44.4 Å². The minimum Gasteiger partial charge on any atom is -0.369 e. The smallest absolute Gasteiger partial charge is 0.263 e. The highest BCUT2D eigenvalue weighted by atomic mass is 16.3. The summed E-state index contributed by atoms with van der Waals surface area (Å²) < 4.78 is 2.30. The number of anilines is 1. The summed E-state index contributed by atoms with van der Waals surface area (Å²) >= 11 is 0. The predicted molar refractivity (Wildman–Crippen MR) is 240 cm³/mol. The van der Waals surface area contributed by atoms with Gasteiger partial charge in [-0.25, -0.2) is 0 Å². The van der Waals surface area contributed by atoms with E-state index >= 15 is 4.79 Å². The van der Waals surface area contributed by atoms with Gasteiger partial charge in [-0.3, -0.25) is 9.69 Å². The van der Waals surface area contributed by atoms with E-state index in [1.807, 2.05) is 66.7 Å². The van der Waals surface area contributed by atoms with Crippen LogP contribution < -0.4 is 4.90 Å². The van der Waals surface area contributed by atoms with E-state index in [1.54, 1.807) is 4.90 Å². The molecule has 4 nitrogen and oxygen atoms in total. The second-order valence-corrected chi connectivity index (χ2v) is 15.8. The van der Waals surface area contributed by atoms with E-state index in [-0.39, 0.29) is 5.91 Å². The minimum atomic E-state index is -1.19. The van der Waals surface area contributed by atoms with Gasteiger partial charge < -0.3 is 9.67 Å². The molecule has 1 N–H and O–H groups in total. The Balaban J connectivity index is 1.25. The van der Waals surface area contributed by atoms with Gasteiger partial charge in [0.05, 0.1) is 22.3 Å². The van der Waals surface area contributed by atoms with Crippen molar-refractivity contribution in [3.8, 4) is 50.2 Å². The summed E-state index contributed by atoms with van der Waals surface area (Å²) in [6, 6.07) is 58.9. The van der Waals surface area contributed by atoms with Gasteiger partial charge in [-0.15, -0.1) is 0 Å². The van der Waals surface area contributed by atoms with Crippen LogP contribution in [0.2, 0.25) is 0 Å². The van der Waals surface area contributed by atoms with Gasteiger partial charge in [0.15, 0.2) is 6.23 Å². The Hall–Kier alpha value is -7.01. The van der Waals surface area contributed by atoms with Crippen molar-refractivity contribution >= 4 is 33.4 Å². The monoisotopic (exact) mass is 750 g/mol. The van der Waals surface area contributed by atoms with Gasteiger partial charge in [0.25, 0.3) is 5.91 Å². The number of hydrogen-bond acceptors (Lipinski definition) is 2. The molecule has 0 fully saturated rings. The maximum absolute atomic E-state index is 15.3. The standard InChI is InChI=1S/C54H42N2O2/c1-33-24-34(2)27-41(26-33)44-18-11-20-46-47-21-12-19-45(42-28-35(3)25-36(4)29-42)52(47)56(51(44)46)49-23-13-22-48-50(49)54(58)55(53(48)57)43-31-39(37-14-7-5-8-15-37)30-40(32-43)38-16-9-6-10-17-38/h5-32,53,57H,1-4H3. The molecule has 1 amide bonds. The maximum Gasteiger partial charge on any atom is 0.263 e. The lowest BCUT2D eigenvalue weighted by Crippen LogP contribution is -2.28. The molecule has 1 aliphatic heterocycles. The minimum absolute atomic E-state index is 0.245. The van der Waals surface area contributed by atoms with Gasteiger partial charge in [-0.1, -0.05) is 168 Å². The fourth-order valence-electron chi connectivity index (χ4n) is 9.25. The number of rotatable bonds is 6. The molecule has 1 aliphatic rings. The summed E-state index contributed by atoms with van der Waals surface area (Å²) in [7, 11) is 0. The van der Waals surface area contributed by atoms with Gasteiger partial charge >= 0.3 is 0 Å². The van der Waals surface area contributed by atoms with E-state index in [0.717, 1.165) is 72.0 Å². The van der Waals surface area contributed by atoms with Crippen LogP contribution in [0.15, 0.2) is 170 Å². The molecule has 0 aliphatic carbocycles. The van der Waals surface area contributed by atoms with Gasteiger partial charge in [0.2, 0.25) is 0 Å². The molecule has 9 aromatic rings. The molecule has 4 heteroatoms. The highest BCUT2D eigenvalue weighted by molar-refractivity contribution is 6.19. The molecule has 10 rings (SSSR count). The number of aliphatic hydroxyl groups excluding tert-OH is 1. The first-order chi connectivity index (χ1) is 28.2. The Morgan fingerprint density at radius 2 is 0.914 bits per heavy atom. The van der Waals surface area contributed by atoms with Crippen molar-refractivity contribution in [1.29, 1.82) is 0 Å². The Kier molecular flexibility index (Phi) is 8.47. The fraction of sp³-hybridized carbons (Fsp3) is 0.0926. The van der Waals surface area contributed by atoms with Crippen molar-refractivity contribution in [2.75, 3.05) is 4.90 Å². The largest absolute Gasteiger partial charge is 0.369 e. The van der Waals surface area contributed by atoms with Gasteiger partial charge in [-0.2, -0.15) is 0 Å². The molecule has 58 heavy (non-hydrogen) atoms. The van der Waals surface area contributed by atoms with Crippen molar-refractivity contribution in [2.45, 2.75) is 33.9 Å². The molecule has 280 valence electrons. The van der Waals surface area contributed by atoms with E-state index in [1.165, 1.54) is 22.3 Å². The molecule has 0 saturated heterocycles. The number of aliphatic hydroxyl groups is 1. The number of aryl methyl sites for hydroxylation is 4. The quantitative estimate of drug-likeness (QED) is 0.184. The first-order valence-corrected chi connectivity index (χ1v) is 19.9. The van der Waals surface area contributed by atoms with Crippen molar-refractivity contribution in [3.05, 3.63) is 203 Å². The summed E-state index contributed by atoms with van der Waals surface area (Å²) in [5.41, 5.74) is 17.6.